The van der Waals surface area contributed by atoms with Crippen LogP contribution in [0.15, 0.2) is 71.6 Å². The van der Waals surface area contributed by atoms with Crippen molar-refractivity contribution in [1.29, 1.82) is 0 Å². The molecule has 140 valence electrons. The number of hydrogen-bond acceptors (Lipinski definition) is 4. The van der Waals surface area contributed by atoms with E-state index in [1.54, 1.807) is 18.2 Å². The third-order valence-electron chi connectivity index (χ3n) is 3.94. The van der Waals surface area contributed by atoms with Crippen molar-refractivity contribution in [3.8, 4) is 0 Å². The minimum absolute atomic E-state index is 0.0615. The van der Waals surface area contributed by atoms with Crippen molar-refractivity contribution < 1.29 is 22.3 Å². The molecule has 0 aliphatic heterocycles. The first kappa shape index (κ1) is 19.0. The molecule has 3 aromatic carbocycles. The first-order chi connectivity index (χ1) is 12.9. The van der Waals surface area contributed by atoms with Crippen molar-refractivity contribution in [3.05, 3.63) is 78.1 Å². The number of rotatable bonds is 7. The number of carbonyl (C=O) groups excluding carboxylic acids is 1. The predicted molar refractivity (Wildman–Crippen MR) is 99.9 cm³/mol. The number of ether oxygens (including phenoxy) is 1. The molecule has 1 N–H and O–H groups in total. The van der Waals surface area contributed by atoms with Gasteiger partial charge in [-0.1, -0.05) is 42.5 Å². The molecule has 3 aromatic rings. The quantitative estimate of drug-likeness (QED) is 0.631. The third kappa shape index (κ3) is 5.12. The summed E-state index contributed by atoms with van der Waals surface area (Å²) in [4.78, 5) is 11.9. The molecule has 0 aromatic heterocycles. The molecular weight excluding hydrogens is 369 g/mol. The van der Waals surface area contributed by atoms with E-state index in [-0.39, 0.29) is 24.5 Å². The van der Waals surface area contributed by atoms with Crippen molar-refractivity contribution in [2.75, 3.05) is 6.54 Å². The van der Waals surface area contributed by atoms with Crippen molar-refractivity contribution in [2.24, 2.45) is 0 Å². The highest BCUT2D eigenvalue weighted by Crippen LogP contribution is 2.18. The van der Waals surface area contributed by atoms with Crippen LogP contribution in [-0.2, 0) is 26.2 Å². The Bertz CT molecular complexity index is 1070. The van der Waals surface area contributed by atoms with Crippen LogP contribution in [0.5, 0.6) is 0 Å². The summed E-state index contributed by atoms with van der Waals surface area (Å²) >= 11 is 0. The zero-order valence-electron chi connectivity index (χ0n) is 14.4. The van der Waals surface area contributed by atoms with Crippen LogP contribution < -0.4 is 4.72 Å². The smallest absolute Gasteiger partial charge is 0.307 e. The van der Waals surface area contributed by atoms with Crippen molar-refractivity contribution in [1.82, 2.24) is 4.72 Å². The van der Waals surface area contributed by atoms with Crippen LogP contribution >= 0.6 is 0 Å². The highest BCUT2D eigenvalue weighted by Gasteiger charge is 2.15. The van der Waals surface area contributed by atoms with Gasteiger partial charge in [0.05, 0.1) is 11.3 Å². The van der Waals surface area contributed by atoms with E-state index in [1.807, 2.05) is 24.3 Å². The summed E-state index contributed by atoms with van der Waals surface area (Å²) in [6.07, 6.45) is -0.123. The van der Waals surface area contributed by atoms with Crippen LogP contribution in [0.3, 0.4) is 0 Å². The number of sulfonamides is 1. The Kier molecular flexibility index (Phi) is 5.83. The summed E-state index contributed by atoms with van der Waals surface area (Å²) in [6.45, 7) is -0.148. The van der Waals surface area contributed by atoms with E-state index in [9.17, 15) is 17.6 Å². The number of hydrogen-bond donors (Lipinski definition) is 1. The van der Waals surface area contributed by atoms with Crippen molar-refractivity contribution >= 4 is 26.8 Å². The van der Waals surface area contributed by atoms with Gasteiger partial charge in [-0.2, -0.15) is 0 Å². The molecule has 0 heterocycles. The Morgan fingerprint density at radius 1 is 0.963 bits per heavy atom. The second kappa shape index (κ2) is 8.28. The zero-order valence-corrected chi connectivity index (χ0v) is 15.2. The molecule has 0 spiro atoms. The van der Waals surface area contributed by atoms with Gasteiger partial charge in [-0.25, -0.2) is 17.5 Å². The molecule has 0 fully saturated rings. The topological polar surface area (TPSA) is 72.5 Å². The maximum Gasteiger partial charge on any atom is 0.307 e. The van der Waals surface area contributed by atoms with E-state index in [2.05, 4.69) is 4.72 Å². The largest absolute Gasteiger partial charge is 0.461 e. The van der Waals surface area contributed by atoms with E-state index in [0.29, 0.717) is 5.56 Å². The van der Waals surface area contributed by atoms with Gasteiger partial charge in [-0.05, 0) is 40.6 Å². The van der Waals surface area contributed by atoms with Crippen molar-refractivity contribution in [3.63, 3.8) is 0 Å². The van der Waals surface area contributed by atoms with Crippen LogP contribution in [0.4, 0.5) is 4.39 Å². The van der Waals surface area contributed by atoms with Crippen LogP contribution in [-0.4, -0.2) is 20.9 Å². The second-order valence-electron chi connectivity index (χ2n) is 5.95. The summed E-state index contributed by atoms with van der Waals surface area (Å²) in [6, 6.07) is 18.0. The number of benzene rings is 3. The lowest BCUT2D eigenvalue weighted by molar-refractivity contribution is -0.144. The van der Waals surface area contributed by atoms with Gasteiger partial charge in [0, 0.05) is 6.54 Å². The molecule has 0 unspecified atom stereocenters. The lowest BCUT2D eigenvalue weighted by Crippen LogP contribution is -2.26. The summed E-state index contributed by atoms with van der Waals surface area (Å²) < 4.78 is 45.2. The normalized spacial score (nSPS) is 11.4. The second-order valence-corrected chi connectivity index (χ2v) is 7.71. The Labute approximate surface area is 156 Å². The maximum absolute atomic E-state index is 13.1. The zero-order chi connectivity index (χ0) is 19.3. The van der Waals surface area contributed by atoms with Gasteiger partial charge < -0.3 is 4.74 Å². The molecule has 0 aliphatic carbocycles. The number of esters is 1. The van der Waals surface area contributed by atoms with Gasteiger partial charge in [0.15, 0.2) is 0 Å². The van der Waals surface area contributed by atoms with Crippen LogP contribution in [0.2, 0.25) is 0 Å². The molecule has 0 bridgehead atoms. The van der Waals surface area contributed by atoms with Crippen LogP contribution in [0, 0.1) is 5.82 Å². The third-order valence-corrected chi connectivity index (χ3v) is 5.40. The Balaban J connectivity index is 1.53. The maximum atomic E-state index is 13.1. The van der Waals surface area contributed by atoms with Crippen molar-refractivity contribution in [2.45, 2.75) is 17.9 Å². The molecular formula is C20H18FNO4S. The molecule has 7 heteroatoms. The Morgan fingerprint density at radius 2 is 1.74 bits per heavy atom. The van der Waals surface area contributed by atoms with Gasteiger partial charge in [0.2, 0.25) is 10.0 Å². The molecule has 5 nitrogen and oxygen atoms in total. The molecule has 0 aliphatic rings. The average molecular weight is 387 g/mol. The SMILES string of the molecule is O=C(CCNS(=O)(=O)c1ccc2ccccc2c1)OCc1cccc(F)c1. The van der Waals surface area contributed by atoms with Crippen LogP contribution in [0.25, 0.3) is 10.8 Å². The van der Waals surface area contributed by atoms with Gasteiger partial charge >= 0.3 is 5.97 Å². The first-order valence-electron chi connectivity index (χ1n) is 8.32. The van der Waals surface area contributed by atoms with Gasteiger partial charge in [-0.3, -0.25) is 4.79 Å². The molecule has 0 saturated carbocycles. The highest BCUT2D eigenvalue weighted by molar-refractivity contribution is 7.89. The predicted octanol–water partition coefficient (Wildman–Crippen LogP) is 3.39. The fourth-order valence-electron chi connectivity index (χ4n) is 2.57. The number of halogens is 1. The summed E-state index contributed by atoms with van der Waals surface area (Å²) in [7, 11) is -3.73. The van der Waals surface area contributed by atoms with Crippen LogP contribution in [0.1, 0.15) is 12.0 Å². The average Bonchev–Trinajstić information content (AvgIpc) is 2.66. The van der Waals surface area contributed by atoms with Gasteiger partial charge in [0.1, 0.15) is 12.4 Å². The van der Waals surface area contributed by atoms with Gasteiger partial charge in [-0.15, -0.1) is 0 Å². The number of nitrogens with one attached hydrogen (secondary N) is 1. The monoisotopic (exact) mass is 387 g/mol. The standard InChI is InChI=1S/C20H18FNO4S/c21-18-7-3-4-15(12-18)14-26-20(23)10-11-22-27(24,25)19-9-8-16-5-1-2-6-17(16)13-19/h1-9,12-13,22H,10-11,14H2. The van der Waals surface area contributed by atoms with Gasteiger partial charge in [0.25, 0.3) is 0 Å². The Hall–Kier alpha value is -2.77. The molecule has 0 saturated heterocycles. The number of fused-ring (bicyclic) bond motifs is 1. The fourth-order valence-corrected chi connectivity index (χ4v) is 3.63. The summed E-state index contributed by atoms with van der Waals surface area (Å²) in [5.74, 6) is -0.979. The highest BCUT2D eigenvalue weighted by atomic mass is 32.2. The number of carbonyl (C=O) groups is 1. The van der Waals surface area contributed by atoms with E-state index in [1.165, 1.54) is 24.3 Å². The minimum Gasteiger partial charge on any atom is -0.461 e. The fraction of sp³-hybridized carbons (Fsp3) is 0.150. The summed E-state index contributed by atoms with van der Waals surface area (Å²) in [5, 5.41) is 1.76. The Morgan fingerprint density at radius 3 is 2.52 bits per heavy atom. The molecule has 27 heavy (non-hydrogen) atoms. The molecule has 3 rings (SSSR count). The molecule has 0 radical (unpaired) electrons. The minimum atomic E-state index is -3.73. The first-order valence-corrected chi connectivity index (χ1v) is 9.81. The molecule has 0 atom stereocenters. The molecule has 0 amide bonds. The van der Waals surface area contributed by atoms with E-state index < -0.39 is 21.8 Å². The lowest BCUT2D eigenvalue weighted by atomic mass is 10.1. The lowest BCUT2D eigenvalue weighted by Gasteiger charge is -2.08. The van der Waals surface area contributed by atoms with E-state index >= 15 is 0 Å². The summed E-state index contributed by atoms with van der Waals surface area (Å²) in [5.41, 5.74) is 0.528. The van der Waals surface area contributed by atoms with E-state index in [0.717, 1.165) is 10.8 Å². The van der Waals surface area contributed by atoms with E-state index in [4.69, 9.17) is 4.74 Å².